The number of aliphatic imine (C=N–C) groups is 1. The summed E-state index contributed by atoms with van der Waals surface area (Å²) in [5.74, 6) is 3.72. The minimum Gasteiger partial charge on any atom is -0.497 e. The molecular formula is C21H32N6O3. The van der Waals surface area contributed by atoms with E-state index < -0.39 is 0 Å². The van der Waals surface area contributed by atoms with E-state index in [4.69, 9.17) is 14.0 Å². The minimum atomic E-state index is 0.372. The van der Waals surface area contributed by atoms with E-state index in [1.54, 1.807) is 14.2 Å². The van der Waals surface area contributed by atoms with Gasteiger partial charge in [-0.25, -0.2) is 0 Å². The van der Waals surface area contributed by atoms with Gasteiger partial charge in [-0.2, -0.15) is 4.98 Å². The second-order valence-corrected chi connectivity index (χ2v) is 7.22. The van der Waals surface area contributed by atoms with Crippen LogP contribution in [0.1, 0.15) is 31.5 Å². The molecule has 2 aromatic rings. The Kier molecular flexibility index (Phi) is 7.75. The van der Waals surface area contributed by atoms with Crippen LogP contribution >= 0.6 is 0 Å². The molecule has 9 nitrogen and oxygen atoms in total. The summed E-state index contributed by atoms with van der Waals surface area (Å²) in [6.07, 6.45) is 2.67. The molecule has 1 aliphatic heterocycles. The molecule has 1 fully saturated rings. The lowest BCUT2D eigenvalue weighted by atomic mass is 10.0. The molecule has 0 bridgehead atoms. The van der Waals surface area contributed by atoms with Crippen LogP contribution in [-0.4, -0.2) is 62.5 Å². The average molecular weight is 417 g/mol. The van der Waals surface area contributed by atoms with Crippen molar-refractivity contribution < 1.29 is 14.0 Å². The van der Waals surface area contributed by atoms with Gasteiger partial charge in [0.15, 0.2) is 11.8 Å². The molecule has 0 radical (unpaired) electrons. The Morgan fingerprint density at radius 3 is 2.47 bits per heavy atom. The average Bonchev–Trinajstić information content (AvgIpc) is 3.19. The number of hydrogen-bond acceptors (Lipinski definition) is 7. The zero-order chi connectivity index (χ0) is 21.3. The largest absolute Gasteiger partial charge is 0.497 e. The van der Waals surface area contributed by atoms with E-state index >= 15 is 0 Å². The fraction of sp³-hybridized carbons (Fsp3) is 0.571. The number of ether oxygens (including phenoxy) is 2. The van der Waals surface area contributed by atoms with Gasteiger partial charge in [-0.05, 0) is 26.7 Å². The zero-order valence-electron chi connectivity index (χ0n) is 18.3. The molecule has 1 aromatic heterocycles. The van der Waals surface area contributed by atoms with Gasteiger partial charge >= 0.3 is 0 Å². The third-order valence-corrected chi connectivity index (χ3v) is 5.05. The Balaban J connectivity index is 1.53. The summed E-state index contributed by atoms with van der Waals surface area (Å²) < 4.78 is 16.0. The molecule has 30 heavy (non-hydrogen) atoms. The molecule has 2 heterocycles. The van der Waals surface area contributed by atoms with Crippen LogP contribution in [-0.2, 0) is 6.42 Å². The predicted octanol–water partition coefficient (Wildman–Crippen LogP) is 2.16. The van der Waals surface area contributed by atoms with E-state index in [0.29, 0.717) is 30.7 Å². The molecule has 0 aliphatic carbocycles. The summed E-state index contributed by atoms with van der Waals surface area (Å²) in [4.78, 5) is 11.2. The van der Waals surface area contributed by atoms with Crippen molar-refractivity contribution in [1.82, 2.24) is 20.8 Å². The Hall–Kier alpha value is -2.97. The number of rotatable bonds is 8. The minimum absolute atomic E-state index is 0.372. The van der Waals surface area contributed by atoms with Crippen LogP contribution in [0.3, 0.4) is 0 Å². The number of methoxy groups -OCH3 is 2. The number of anilines is 1. The van der Waals surface area contributed by atoms with E-state index in [0.717, 1.165) is 55.6 Å². The fourth-order valence-electron chi connectivity index (χ4n) is 3.48. The number of aromatic nitrogens is 2. The van der Waals surface area contributed by atoms with Crippen molar-refractivity contribution in [3.05, 3.63) is 29.9 Å². The standard InChI is InChI=1S/C21H32N6O3/c1-5-22-21(23-9-6-20-24-15(2)26-30-20)25-16-7-10-27(11-8-16)17-12-18(28-3)14-19(13-17)29-4/h12-14,16H,5-11H2,1-4H3,(H2,22,23,25). The second kappa shape index (κ2) is 10.7. The summed E-state index contributed by atoms with van der Waals surface area (Å²) in [6, 6.07) is 6.38. The number of aryl methyl sites for hydroxylation is 1. The zero-order valence-corrected chi connectivity index (χ0v) is 18.3. The van der Waals surface area contributed by atoms with Crippen LogP contribution in [0.25, 0.3) is 0 Å². The second-order valence-electron chi connectivity index (χ2n) is 7.22. The van der Waals surface area contributed by atoms with Gasteiger partial charge in [-0.1, -0.05) is 5.16 Å². The molecule has 1 saturated heterocycles. The summed E-state index contributed by atoms with van der Waals surface area (Å²) in [5.41, 5.74) is 1.13. The van der Waals surface area contributed by atoms with Gasteiger partial charge < -0.3 is 29.5 Å². The SMILES string of the molecule is CCNC(=NCCc1nc(C)no1)NC1CCN(c2cc(OC)cc(OC)c2)CC1. The van der Waals surface area contributed by atoms with Crippen molar-refractivity contribution >= 4 is 11.6 Å². The van der Waals surface area contributed by atoms with Gasteiger partial charge in [-0.15, -0.1) is 0 Å². The number of nitrogens with one attached hydrogen (secondary N) is 2. The Morgan fingerprint density at radius 1 is 1.20 bits per heavy atom. The molecule has 1 aliphatic rings. The maximum atomic E-state index is 5.40. The van der Waals surface area contributed by atoms with Crippen LogP contribution in [0.4, 0.5) is 5.69 Å². The lowest BCUT2D eigenvalue weighted by molar-refractivity contribution is 0.376. The number of hydrogen-bond donors (Lipinski definition) is 2. The van der Waals surface area contributed by atoms with Crippen molar-refractivity contribution in [3.63, 3.8) is 0 Å². The molecule has 0 unspecified atom stereocenters. The molecule has 9 heteroatoms. The predicted molar refractivity (Wildman–Crippen MR) is 117 cm³/mol. The molecule has 2 N–H and O–H groups in total. The number of piperidine rings is 1. The quantitative estimate of drug-likeness (QED) is 0.499. The van der Waals surface area contributed by atoms with Crippen LogP contribution in [0.5, 0.6) is 11.5 Å². The first kappa shape index (κ1) is 21.7. The maximum absolute atomic E-state index is 5.40. The van der Waals surface area contributed by atoms with Gasteiger partial charge in [0.1, 0.15) is 11.5 Å². The normalized spacial score (nSPS) is 15.2. The van der Waals surface area contributed by atoms with Crippen molar-refractivity contribution in [2.24, 2.45) is 4.99 Å². The molecule has 0 amide bonds. The van der Waals surface area contributed by atoms with E-state index in [2.05, 4.69) is 49.7 Å². The highest BCUT2D eigenvalue weighted by Crippen LogP contribution is 2.30. The first-order valence-electron chi connectivity index (χ1n) is 10.4. The smallest absolute Gasteiger partial charge is 0.228 e. The lowest BCUT2D eigenvalue weighted by Crippen LogP contribution is -2.48. The van der Waals surface area contributed by atoms with Gasteiger partial charge in [0.2, 0.25) is 5.89 Å². The van der Waals surface area contributed by atoms with Crippen molar-refractivity contribution in [3.8, 4) is 11.5 Å². The number of guanidine groups is 1. The Bertz CT molecular complexity index is 808. The molecule has 0 spiro atoms. The van der Waals surface area contributed by atoms with Crippen molar-refractivity contribution in [2.45, 2.75) is 39.2 Å². The highest BCUT2D eigenvalue weighted by Gasteiger charge is 2.21. The van der Waals surface area contributed by atoms with Gasteiger partial charge in [0.25, 0.3) is 0 Å². The molecular weight excluding hydrogens is 384 g/mol. The van der Waals surface area contributed by atoms with Gasteiger partial charge in [-0.3, -0.25) is 4.99 Å². The van der Waals surface area contributed by atoms with Crippen LogP contribution < -0.4 is 25.0 Å². The van der Waals surface area contributed by atoms with E-state index in [1.807, 2.05) is 13.0 Å². The van der Waals surface area contributed by atoms with E-state index in [9.17, 15) is 0 Å². The third kappa shape index (κ3) is 6.01. The van der Waals surface area contributed by atoms with Crippen LogP contribution in [0.15, 0.2) is 27.7 Å². The molecule has 0 saturated carbocycles. The fourth-order valence-corrected chi connectivity index (χ4v) is 3.48. The first-order valence-corrected chi connectivity index (χ1v) is 10.4. The maximum Gasteiger partial charge on any atom is 0.228 e. The van der Waals surface area contributed by atoms with Gasteiger partial charge in [0.05, 0.1) is 20.8 Å². The summed E-state index contributed by atoms with van der Waals surface area (Å²) >= 11 is 0. The monoisotopic (exact) mass is 416 g/mol. The number of benzene rings is 1. The lowest BCUT2D eigenvalue weighted by Gasteiger charge is -2.34. The third-order valence-electron chi connectivity index (χ3n) is 5.05. The van der Waals surface area contributed by atoms with Crippen molar-refractivity contribution in [2.75, 3.05) is 45.3 Å². The van der Waals surface area contributed by atoms with Crippen molar-refractivity contribution in [1.29, 1.82) is 0 Å². The summed E-state index contributed by atoms with van der Waals surface area (Å²) in [6.45, 7) is 7.20. The molecule has 0 atom stereocenters. The topological polar surface area (TPSA) is 97.0 Å². The first-order chi connectivity index (χ1) is 14.6. The molecule has 3 rings (SSSR count). The van der Waals surface area contributed by atoms with Gasteiger partial charge in [0, 0.05) is 56.0 Å². The molecule has 1 aromatic carbocycles. The van der Waals surface area contributed by atoms with Crippen LogP contribution in [0, 0.1) is 6.92 Å². The van der Waals surface area contributed by atoms with E-state index in [1.165, 1.54) is 0 Å². The van der Waals surface area contributed by atoms with Crippen LogP contribution in [0.2, 0.25) is 0 Å². The molecule has 164 valence electrons. The highest BCUT2D eigenvalue weighted by atomic mass is 16.5. The number of nitrogens with zero attached hydrogens (tertiary/aromatic N) is 4. The Labute approximate surface area is 177 Å². The van der Waals surface area contributed by atoms with E-state index in [-0.39, 0.29) is 0 Å². The summed E-state index contributed by atoms with van der Waals surface area (Å²) in [7, 11) is 3.35. The highest BCUT2D eigenvalue weighted by molar-refractivity contribution is 5.80. The summed E-state index contributed by atoms with van der Waals surface area (Å²) in [5, 5.41) is 10.7. The Morgan fingerprint density at radius 2 is 1.90 bits per heavy atom.